The maximum Gasteiger partial charge on any atom is 0.254 e. The first-order chi connectivity index (χ1) is 17.0. The van der Waals surface area contributed by atoms with Gasteiger partial charge in [0.2, 0.25) is 0 Å². The van der Waals surface area contributed by atoms with E-state index in [0.717, 1.165) is 12.8 Å². The minimum atomic E-state index is -0.566. The zero-order chi connectivity index (χ0) is 24.4. The van der Waals surface area contributed by atoms with E-state index in [1.165, 1.54) is 23.7 Å². The van der Waals surface area contributed by atoms with Gasteiger partial charge in [-0.2, -0.15) is 11.3 Å². The third kappa shape index (κ3) is 4.87. The van der Waals surface area contributed by atoms with Gasteiger partial charge in [-0.15, -0.1) is 0 Å². The highest BCUT2D eigenvalue weighted by atomic mass is 35.5. The molecule has 0 radical (unpaired) electrons. The molecule has 5 rings (SSSR count). The molecule has 10 heteroatoms. The average molecular weight is 513 g/mol. The molecule has 0 spiro atoms. The number of thiophene rings is 1. The van der Waals surface area contributed by atoms with Crippen molar-refractivity contribution in [3.63, 3.8) is 0 Å². The maximum absolute atomic E-state index is 14.5. The Morgan fingerprint density at radius 3 is 2.94 bits per heavy atom. The molecular formula is C25H22ClFN4O3S. The molecule has 1 fully saturated rings. The van der Waals surface area contributed by atoms with Gasteiger partial charge in [0.1, 0.15) is 18.2 Å². The number of amides is 1. The van der Waals surface area contributed by atoms with Crippen LogP contribution in [-0.2, 0) is 0 Å². The van der Waals surface area contributed by atoms with E-state index in [4.69, 9.17) is 21.1 Å². The van der Waals surface area contributed by atoms with Crippen molar-refractivity contribution >= 4 is 51.3 Å². The van der Waals surface area contributed by atoms with Gasteiger partial charge in [0.05, 0.1) is 35.4 Å². The van der Waals surface area contributed by atoms with Crippen LogP contribution in [0.2, 0.25) is 5.02 Å². The molecule has 1 aliphatic rings. The molecule has 2 aromatic carbocycles. The van der Waals surface area contributed by atoms with Gasteiger partial charge in [0, 0.05) is 23.4 Å². The summed E-state index contributed by atoms with van der Waals surface area (Å²) in [6, 6.07) is 10.1. The summed E-state index contributed by atoms with van der Waals surface area (Å²) in [5.41, 5.74) is 1.50. The van der Waals surface area contributed by atoms with Crippen LogP contribution in [0.5, 0.6) is 11.5 Å². The summed E-state index contributed by atoms with van der Waals surface area (Å²) in [5.74, 6) is 0.857. The fourth-order valence-corrected chi connectivity index (χ4v) is 4.91. The van der Waals surface area contributed by atoms with Crippen molar-refractivity contribution in [2.45, 2.75) is 18.9 Å². The van der Waals surface area contributed by atoms with E-state index in [1.807, 2.05) is 21.7 Å². The minimum absolute atomic E-state index is 0.00783. The molecule has 7 nitrogen and oxygen atoms in total. The number of benzene rings is 2. The Morgan fingerprint density at radius 1 is 1.26 bits per heavy atom. The van der Waals surface area contributed by atoms with Gasteiger partial charge in [-0.3, -0.25) is 4.79 Å². The molecule has 1 atom stereocenters. The lowest BCUT2D eigenvalue weighted by Crippen LogP contribution is -2.44. The van der Waals surface area contributed by atoms with Crippen molar-refractivity contribution < 1.29 is 18.7 Å². The van der Waals surface area contributed by atoms with Crippen molar-refractivity contribution in [2.24, 2.45) is 0 Å². The number of carbonyl (C=O) groups is 1. The van der Waals surface area contributed by atoms with E-state index in [2.05, 4.69) is 15.3 Å². The summed E-state index contributed by atoms with van der Waals surface area (Å²) >= 11 is 7.43. The fraction of sp³-hybridized carbons (Fsp3) is 0.240. The van der Waals surface area contributed by atoms with E-state index in [-0.39, 0.29) is 22.7 Å². The predicted molar refractivity (Wildman–Crippen MR) is 135 cm³/mol. The lowest BCUT2D eigenvalue weighted by atomic mass is 10.1. The Morgan fingerprint density at radius 2 is 2.14 bits per heavy atom. The van der Waals surface area contributed by atoms with Crippen LogP contribution < -0.4 is 14.8 Å². The van der Waals surface area contributed by atoms with Crippen molar-refractivity contribution in [1.29, 1.82) is 0 Å². The van der Waals surface area contributed by atoms with Crippen LogP contribution in [0.4, 0.5) is 15.9 Å². The van der Waals surface area contributed by atoms with Gasteiger partial charge in [-0.05, 0) is 42.5 Å². The van der Waals surface area contributed by atoms with E-state index in [0.29, 0.717) is 46.9 Å². The third-order valence-electron chi connectivity index (χ3n) is 5.85. The molecule has 35 heavy (non-hydrogen) atoms. The van der Waals surface area contributed by atoms with Crippen LogP contribution in [-0.4, -0.2) is 47.1 Å². The van der Waals surface area contributed by atoms with Crippen molar-refractivity contribution in [2.75, 3.05) is 25.5 Å². The van der Waals surface area contributed by atoms with Crippen LogP contribution in [0.3, 0.4) is 0 Å². The summed E-state index contributed by atoms with van der Waals surface area (Å²) in [7, 11) is 1.56. The van der Waals surface area contributed by atoms with Crippen molar-refractivity contribution in [3.8, 4) is 11.5 Å². The first-order valence-corrected chi connectivity index (χ1v) is 12.4. The monoisotopic (exact) mass is 512 g/mol. The standard InChI is InChI=1S/C25H22ClFN4O3S/c1-33-21-11-20-17(24(29-14-28-20)30-19-6-2-5-18(26)23(19)27)10-22(21)34-16-4-3-8-31(12-16)25(32)15-7-9-35-13-15/h2,5-7,9-11,13-14,16H,3-4,8,12H2,1H3,(H,28,29,30)/t16-/m1/s1. The zero-order valence-electron chi connectivity index (χ0n) is 18.8. The van der Waals surface area contributed by atoms with E-state index in [9.17, 15) is 9.18 Å². The highest BCUT2D eigenvalue weighted by Crippen LogP contribution is 2.36. The Kier molecular flexibility index (Phi) is 6.70. The number of carbonyl (C=O) groups excluding carboxylic acids is 1. The number of rotatable bonds is 6. The number of hydrogen-bond donors (Lipinski definition) is 1. The first kappa shape index (κ1) is 23.3. The number of halogens is 2. The van der Waals surface area contributed by atoms with Crippen LogP contribution in [0.25, 0.3) is 10.9 Å². The van der Waals surface area contributed by atoms with Crippen LogP contribution in [0.1, 0.15) is 23.2 Å². The van der Waals surface area contributed by atoms with Crippen molar-refractivity contribution in [1.82, 2.24) is 14.9 Å². The molecular weight excluding hydrogens is 491 g/mol. The highest BCUT2D eigenvalue weighted by Gasteiger charge is 2.27. The Hall–Kier alpha value is -3.43. The van der Waals surface area contributed by atoms with Gasteiger partial charge < -0.3 is 19.7 Å². The Bertz CT molecular complexity index is 1370. The number of anilines is 2. The maximum atomic E-state index is 14.5. The second-order valence-electron chi connectivity index (χ2n) is 8.11. The molecule has 0 unspecified atom stereocenters. The largest absolute Gasteiger partial charge is 0.493 e. The molecule has 0 bridgehead atoms. The number of likely N-dealkylation sites (tertiary alicyclic amines) is 1. The lowest BCUT2D eigenvalue weighted by Gasteiger charge is -2.33. The zero-order valence-corrected chi connectivity index (χ0v) is 20.4. The number of aromatic nitrogens is 2. The van der Waals surface area contributed by atoms with Gasteiger partial charge in [-0.25, -0.2) is 14.4 Å². The quantitative estimate of drug-likeness (QED) is 0.345. The summed E-state index contributed by atoms with van der Waals surface area (Å²) in [4.78, 5) is 23.3. The van der Waals surface area contributed by atoms with E-state index >= 15 is 0 Å². The topological polar surface area (TPSA) is 76.6 Å². The summed E-state index contributed by atoms with van der Waals surface area (Å²) in [6.07, 6.45) is 2.82. The minimum Gasteiger partial charge on any atom is -0.493 e. The molecule has 2 aromatic heterocycles. The highest BCUT2D eigenvalue weighted by molar-refractivity contribution is 7.08. The number of nitrogens with one attached hydrogen (secondary N) is 1. The fourth-order valence-electron chi connectivity index (χ4n) is 4.11. The molecule has 1 N–H and O–H groups in total. The Balaban J connectivity index is 1.43. The molecule has 180 valence electrons. The summed E-state index contributed by atoms with van der Waals surface area (Å²) in [6.45, 7) is 1.16. The normalized spacial score (nSPS) is 15.7. The number of hydrogen-bond acceptors (Lipinski definition) is 7. The number of fused-ring (bicyclic) bond motifs is 1. The van der Waals surface area contributed by atoms with E-state index in [1.54, 1.807) is 31.4 Å². The van der Waals surface area contributed by atoms with Crippen LogP contribution in [0.15, 0.2) is 53.5 Å². The van der Waals surface area contributed by atoms with E-state index < -0.39 is 5.82 Å². The van der Waals surface area contributed by atoms with Crippen molar-refractivity contribution in [3.05, 3.63) is 69.9 Å². The second-order valence-corrected chi connectivity index (χ2v) is 9.30. The second kappa shape index (κ2) is 10.1. The summed E-state index contributed by atoms with van der Waals surface area (Å²) < 4.78 is 26.4. The number of nitrogens with zero attached hydrogens (tertiary/aromatic N) is 3. The van der Waals surface area contributed by atoms with Gasteiger partial charge in [0.15, 0.2) is 17.3 Å². The summed E-state index contributed by atoms with van der Waals surface area (Å²) in [5, 5.41) is 7.40. The molecule has 1 aliphatic heterocycles. The van der Waals surface area contributed by atoms with Gasteiger partial charge in [-0.1, -0.05) is 17.7 Å². The van der Waals surface area contributed by atoms with Gasteiger partial charge >= 0.3 is 0 Å². The molecule has 3 heterocycles. The molecule has 4 aromatic rings. The molecule has 0 saturated carbocycles. The predicted octanol–water partition coefficient (Wildman–Crippen LogP) is 5.92. The Labute approximate surface area is 210 Å². The third-order valence-corrected chi connectivity index (χ3v) is 6.83. The molecule has 1 saturated heterocycles. The smallest absolute Gasteiger partial charge is 0.254 e. The van der Waals surface area contributed by atoms with Crippen LogP contribution >= 0.6 is 22.9 Å². The lowest BCUT2D eigenvalue weighted by molar-refractivity contribution is 0.0533. The van der Waals surface area contributed by atoms with Gasteiger partial charge in [0.25, 0.3) is 5.91 Å². The average Bonchev–Trinajstić information content (AvgIpc) is 3.41. The first-order valence-electron chi connectivity index (χ1n) is 11.1. The van der Waals surface area contributed by atoms with Crippen LogP contribution in [0, 0.1) is 5.82 Å². The SMILES string of the molecule is COc1cc2ncnc(Nc3cccc(Cl)c3F)c2cc1O[C@@H]1CCCN(C(=O)c2ccsc2)C1. The number of ether oxygens (including phenoxy) is 2. The number of methoxy groups -OCH3 is 1. The number of piperidine rings is 1. The molecule has 0 aliphatic carbocycles. The molecule has 1 amide bonds.